The van der Waals surface area contributed by atoms with Gasteiger partial charge in [-0.15, -0.1) is 0 Å². The second kappa shape index (κ2) is 11.7. The summed E-state index contributed by atoms with van der Waals surface area (Å²) >= 11 is 0. The van der Waals surface area contributed by atoms with Crippen molar-refractivity contribution in [2.45, 2.75) is 18.9 Å². The van der Waals surface area contributed by atoms with E-state index in [9.17, 15) is 9.59 Å². The lowest BCUT2D eigenvalue weighted by Crippen LogP contribution is -2.38. The van der Waals surface area contributed by atoms with Gasteiger partial charge in [0.25, 0.3) is 0 Å². The van der Waals surface area contributed by atoms with Gasteiger partial charge in [0, 0.05) is 33.2 Å². The largest absolute Gasteiger partial charge is 0.479 e. The highest BCUT2D eigenvalue weighted by molar-refractivity contribution is 5.74. The van der Waals surface area contributed by atoms with Gasteiger partial charge in [0.1, 0.15) is 0 Å². The van der Waals surface area contributed by atoms with Crippen LogP contribution in [0.25, 0.3) is 0 Å². The van der Waals surface area contributed by atoms with Crippen molar-refractivity contribution in [1.82, 2.24) is 10.6 Å². The summed E-state index contributed by atoms with van der Waals surface area (Å²) in [5, 5.41) is 22.4. The van der Waals surface area contributed by atoms with Gasteiger partial charge in [0.05, 0.1) is 13.2 Å². The van der Waals surface area contributed by atoms with Crippen molar-refractivity contribution in [3.8, 4) is 0 Å². The molecule has 0 saturated heterocycles. The summed E-state index contributed by atoms with van der Waals surface area (Å²) in [6.45, 7) is 2.15. The molecule has 0 aromatic heterocycles. The van der Waals surface area contributed by atoms with Crippen LogP contribution >= 0.6 is 0 Å². The molecule has 0 aliphatic heterocycles. The molecule has 2 amide bonds. The molecular weight excluding hydrogens is 256 g/mol. The molecule has 0 aliphatic rings. The Labute approximate surface area is 112 Å². The molecular formula is C11H22N2O6. The fourth-order valence-electron chi connectivity index (χ4n) is 1.13. The number of aliphatic hydroxyl groups is 1. The van der Waals surface area contributed by atoms with Gasteiger partial charge in [-0.05, 0) is 6.42 Å². The summed E-state index contributed by atoms with van der Waals surface area (Å²) < 4.78 is 10.00. The molecule has 1 atom stereocenters. The normalized spacial score (nSPS) is 11.9. The van der Waals surface area contributed by atoms with E-state index in [0.717, 1.165) is 0 Å². The van der Waals surface area contributed by atoms with Gasteiger partial charge in [-0.25, -0.2) is 9.59 Å². The van der Waals surface area contributed by atoms with Crippen molar-refractivity contribution in [2.24, 2.45) is 0 Å². The number of carboxylic acid groups (broad SMARTS) is 1. The number of hydrogen-bond acceptors (Lipinski definition) is 5. The predicted molar refractivity (Wildman–Crippen MR) is 67.0 cm³/mol. The first-order valence-electron chi connectivity index (χ1n) is 6.07. The summed E-state index contributed by atoms with van der Waals surface area (Å²) in [5.41, 5.74) is 0. The fraction of sp³-hybridized carbons (Fsp3) is 0.818. The zero-order chi connectivity index (χ0) is 14.5. The molecule has 0 aromatic carbocycles. The van der Waals surface area contributed by atoms with E-state index in [1.165, 1.54) is 0 Å². The van der Waals surface area contributed by atoms with Crippen LogP contribution in [0.15, 0.2) is 0 Å². The van der Waals surface area contributed by atoms with Gasteiger partial charge in [0.15, 0.2) is 6.10 Å². The maximum absolute atomic E-state index is 11.2. The topological polar surface area (TPSA) is 117 Å². The van der Waals surface area contributed by atoms with E-state index in [1.54, 1.807) is 7.11 Å². The molecule has 4 N–H and O–H groups in total. The van der Waals surface area contributed by atoms with Crippen molar-refractivity contribution in [2.75, 3.05) is 40.0 Å². The van der Waals surface area contributed by atoms with E-state index in [0.29, 0.717) is 32.8 Å². The van der Waals surface area contributed by atoms with Crippen LogP contribution in [-0.2, 0) is 14.3 Å². The van der Waals surface area contributed by atoms with E-state index in [1.807, 2.05) is 0 Å². The first-order chi connectivity index (χ1) is 9.07. The molecule has 0 aliphatic carbocycles. The van der Waals surface area contributed by atoms with Crippen LogP contribution in [0.5, 0.6) is 0 Å². The van der Waals surface area contributed by atoms with Gasteiger partial charge < -0.3 is 30.3 Å². The quantitative estimate of drug-likeness (QED) is 0.367. The number of aliphatic carboxylic acids is 1. The molecule has 0 fully saturated rings. The zero-order valence-corrected chi connectivity index (χ0v) is 11.1. The van der Waals surface area contributed by atoms with Crippen molar-refractivity contribution in [3.05, 3.63) is 0 Å². The predicted octanol–water partition coefficient (Wildman–Crippen LogP) is -0.826. The average molecular weight is 278 g/mol. The molecule has 1 unspecified atom stereocenters. The number of carbonyl (C=O) groups is 2. The lowest BCUT2D eigenvalue weighted by atomic mass is 10.2. The highest BCUT2D eigenvalue weighted by Crippen LogP contribution is 1.89. The monoisotopic (exact) mass is 278 g/mol. The molecule has 0 rings (SSSR count). The standard InChI is InChI=1S/C11H22N2O6/c1-18-7-8-19-6-2-4-12-11(17)13-5-3-9(14)10(15)16/h9,14H,2-8H2,1H3,(H,15,16)(H2,12,13,17). The Morgan fingerprint density at radius 1 is 1.16 bits per heavy atom. The van der Waals surface area contributed by atoms with Crippen molar-refractivity contribution >= 4 is 12.0 Å². The third kappa shape index (κ3) is 11.4. The first kappa shape index (κ1) is 17.6. The summed E-state index contributed by atoms with van der Waals surface area (Å²) in [5.74, 6) is -1.30. The second-order valence-corrected chi connectivity index (χ2v) is 3.78. The number of carbonyl (C=O) groups excluding carboxylic acids is 1. The number of amides is 2. The minimum Gasteiger partial charge on any atom is -0.479 e. The molecule has 0 bridgehead atoms. The van der Waals surface area contributed by atoms with E-state index in [-0.39, 0.29) is 13.0 Å². The number of urea groups is 1. The fourth-order valence-corrected chi connectivity index (χ4v) is 1.13. The maximum Gasteiger partial charge on any atom is 0.332 e. The van der Waals surface area contributed by atoms with E-state index in [2.05, 4.69) is 10.6 Å². The molecule has 8 nitrogen and oxygen atoms in total. The number of ether oxygens (including phenoxy) is 2. The number of aliphatic hydroxyl groups excluding tert-OH is 1. The SMILES string of the molecule is COCCOCCCNC(=O)NCCC(O)C(=O)O. The summed E-state index contributed by atoms with van der Waals surface area (Å²) in [4.78, 5) is 21.5. The van der Waals surface area contributed by atoms with Gasteiger partial charge in [-0.2, -0.15) is 0 Å². The molecule has 0 saturated carbocycles. The third-order valence-corrected chi connectivity index (χ3v) is 2.17. The van der Waals surface area contributed by atoms with E-state index in [4.69, 9.17) is 19.7 Å². The second-order valence-electron chi connectivity index (χ2n) is 3.78. The molecule has 8 heteroatoms. The Morgan fingerprint density at radius 3 is 2.47 bits per heavy atom. The number of carboxylic acids is 1. The molecule has 0 heterocycles. The van der Waals surface area contributed by atoms with Crippen LogP contribution < -0.4 is 10.6 Å². The molecule has 112 valence electrons. The number of methoxy groups -OCH3 is 1. The summed E-state index contributed by atoms with van der Waals surface area (Å²) in [7, 11) is 1.59. The van der Waals surface area contributed by atoms with Gasteiger partial charge in [-0.1, -0.05) is 0 Å². The van der Waals surface area contributed by atoms with Gasteiger partial charge >= 0.3 is 12.0 Å². The van der Waals surface area contributed by atoms with Crippen LogP contribution in [0.3, 0.4) is 0 Å². The van der Waals surface area contributed by atoms with Crippen LogP contribution in [0, 0.1) is 0 Å². The summed E-state index contributed by atoms with van der Waals surface area (Å²) in [6, 6.07) is -0.394. The zero-order valence-electron chi connectivity index (χ0n) is 11.1. The Morgan fingerprint density at radius 2 is 1.84 bits per heavy atom. The Kier molecular flexibility index (Phi) is 10.8. The van der Waals surface area contributed by atoms with Crippen LogP contribution in [0.2, 0.25) is 0 Å². The number of nitrogens with one attached hydrogen (secondary N) is 2. The average Bonchev–Trinajstić information content (AvgIpc) is 2.37. The smallest absolute Gasteiger partial charge is 0.332 e. The van der Waals surface area contributed by atoms with Crippen molar-refractivity contribution in [1.29, 1.82) is 0 Å². The number of hydrogen-bond donors (Lipinski definition) is 4. The van der Waals surface area contributed by atoms with Crippen LogP contribution in [-0.4, -0.2) is 68.3 Å². The summed E-state index contributed by atoms with van der Waals surface area (Å²) in [6.07, 6.45) is -0.799. The van der Waals surface area contributed by atoms with Crippen molar-refractivity contribution in [3.63, 3.8) is 0 Å². The Bertz CT molecular complexity index is 262. The Hall–Kier alpha value is -1.38. The number of rotatable bonds is 11. The van der Waals surface area contributed by atoms with E-state index >= 15 is 0 Å². The van der Waals surface area contributed by atoms with Crippen molar-refractivity contribution < 1.29 is 29.3 Å². The maximum atomic E-state index is 11.2. The van der Waals surface area contributed by atoms with Crippen LogP contribution in [0.4, 0.5) is 4.79 Å². The minimum atomic E-state index is -1.45. The first-order valence-corrected chi connectivity index (χ1v) is 6.07. The van der Waals surface area contributed by atoms with E-state index < -0.39 is 18.1 Å². The Balaban J connectivity index is 3.33. The molecule has 0 aromatic rings. The third-order valence-electron chi connectivity index (χ3n) is 2.17. The molecule has 19 heavy (non-hydrogen) atoms. The highest BCUT2D eigenvalue weighted by Gasteiger charge is 2.12. The van der Waals surface area contributed by atoms with Crippen LogP contribution in [0.1, 0.15) is 12.8 Å². The lowest BCUT2D eigenvalue weighted by Gasteiger charge is -2.09. The van der Waals surface area contributed by atoms with Gasteiger partial charge in [0.2, 0.25) is 0 Å². The van der Waals surface area contributed by atoms with Gasteiger partial charge in [-0.3, -0.25) is 0 Å². The highest BCUT2D eigenvalue weighted by atomic mass is 16.5. The lowest BCUT2D eigenvalue weighted by molar-refractivity contribution is -0.146. The minimum absolute atomic E-state index is 0.0249. The molecule has 0 radical (unpaired) electrons. The molecule has 0 spiro atoms.